The molecule has 2 rings (SSSR count). The summed E-state index contributed by atoms with van der Waals surface area (Å²) in [5.41, 5.74) is 6.09. The standard InChI is InChI=1S/C12H15N.C9H9N/c1-6-11(8-13)10(5)12(7-2)9(3)4;1-7-3-2-4-9-8(7)5-6-10-9/h6-7H,1,3H2,2,4-5H3;2-6,10H,1H3/b11-10+,12-7-;. The van der Waals surface area contributed by atoms with Gasteiger partial charge in [-0.05, 0) is 56.5 Å². The molecule has 1 N–H and O–H groups in total. The van der Waals surface area contributed by atoms with Crippen LogP contribution in [0.15, 0.2) is 78.1 Å². The van der Waals surface area contributed by atoms with Gasteiger partial charge in [-0.15, -0.1) is 0 Å². The van der Waals surface area contributed by atoms with Crippen LogP contribution in [0.1, 0.15) is 26.3 Å². The van der Waals surface area contributed by atoms with Gasteiger partial charge in [-0.2, -0.15) is 5.26 Å². The number of nitrogens with zero attached hydrogens (tertiary/aromatic N) is 1. The van der Waals surface area contributed by atoms with Crippen LogP contribution in [0.2, 0.25) is 0 Å². The first-order valence-electron chi connectivity index (χ1n) is 7.54. The van der Waals surface area contributed by atoms with Crippen LogP contribution in [-0.4, -0.2) is 4.98 Å². The lowest BCUT2D eigenvalue weighted by Crippen LogP contribution is -1.90. The molecule has 0 aliphatic carbocycles. The van der Waals surface area contributed by atoms with Crippen LogP contribution in [0.3, 0.4) is 0 Å². The summed E-state index contributed by atoms with van der Waals surface area (Å²) in [6.45, 7) is 15.3. The van der Waals surface area contributed by atoms with E-state index in [-0.39, 0.29) is 0 Å². The molecule has 0 aliphatic heterocycles. The number of aromatic nitrogens is 1. The Bertz CT molecular complexity index is 808. The molecule has 23 heavy (non-hydrogen) atoms. The van der Waals surface area contributed by atoms with Crippen molar-refractivity contribution < 1.29 is 0 Å². The van der Waals surface area contributed by atoms with Crippen molar-refractivity contribution in [3.05, 3.63) is 83.6 Å². The van der Waals surface area contributed by atoms with Gasteiger partial charge in [0.1, 0.15) is 0 Å². The predicted molar refractivity (Wildman–Crippen MR) is 100 cm³/mol. The normalized spacial score (nSPS) is 11.9. The van der Waals surface area contributed by atoms with E-state index in [1.807, 2.05) is 33.0 Å². The van der Waals surface area contributed by atoms with E-state index in [4.69, 9.17) is 5.26 Å². The van der Waals surface area contributed by atoms with Crippen LogP contribution in [0.5, 0.6) is 0 Å². The van der Waals surface area contributed by atoms with Gasteiger partial charge in [-0.3, -0.25) is 0 Å². The molecule has 2 nitrogen and oxygen atoms in total. The average Bonchev–Trinajstić information content (AvgIpc) is 2.99. The molecule has 1 aromatic carbocycles. The molecule has 0 atom stereocenters. The number of allylic oxidation sites excluding steroid dienone is 6. The third-order valence-electron chi connectivity index (χ3n) is 3.69. The third kappa shape index (κ3) is 4.59. The second kappa shape index (κ2) is 8.60. The first-order valence-corrected chi connectivity index (χ1v) is 7.54. The highest BCUT2D eigenvalue weighted by atomic mass is 14.7. The summed E-state index contributed by atoms with van der Waals surface area (Å²) < 4.78 is 0. The molecule has 0 aliphatic rings. The van der Waals surface area contributed by atoms with Gasteiger partial charge in [0.25, 0.3) is 0 Å². The van der Waals surface area contributed by atoms with Crippen molar-refractivity contribution in [2.75, 3.05) is 0 Å². The smallest absolute Gasteiger partial charge is 0.0994 e. The Labute approximate surface area is 139 Å². The highest BCUT2D eigenvalue weighted by Crippen LogP contribution is 2.20. The molecular formula is C21H24N2. The van der Waals surface area contributed by atoms with Crippen LogP contribution in [-0.2, 0) is 0 Å². The Balaban J connectivity index is 0.000000235. The summed E-state index contributed by atoms with van der Waals surface area (Å²) in [7, 11) is 0. The summed E-state index contributed by atoms with van der Waals surface area (Å²) in [5, 5.41) is 10.1. The Morgan fingerprint density at radius 3 is 2.43 bits per heavy atom. The van der Waals surface area contributed by atoms with Crippen molar-refractivity contribution >= 4 is 10.9 Å². The molecule has 1 heterocycles. The minimum Gasteiger partial charge on any atom is -0.361 e. The number of fused-ring (bicyclic) bond motifs is 1. The van der Waals surface area contributed by atoms with Crippen molar-refractivity contribution in [2.45, 2.75) is 27.7 Å². The average molecular weight is 304 g/mol. The predicted octanol–water partition coefficient (Wildman–Crippen LogP) is 6.01. The molecule has 2 aromatic rings. The summed E-state index contributed by atoms with van der Waals surface area (Å²) in [6, 6.07) is 10.5. The highest BCUT2D eigenvalue weighted by molar-refractivity contribution is 5.82. The van der Waals surface area contributed by atoms with Crippen molar-refractivity contribution in [1.82, 2.24) is 4.98 Å². The number of H-pyrrole nitrogens is 1. The van der Waals surface area contributed by atoms with Crippen LogP contribution in [0.25, 0.3) is 10.9 Å². The maximum Gasteiger partial charge on any atom is 0.0994 e. The third-order valence-corrected chi connectivity index (χ3v) is 3.69. The Morgan fingerprint density at radius 2 is 1.96 bits per heavy atom. The number of nitrogens with one attached hydrogen (secondary N) is 1. The van der Waals surface area contributed by atoms with Gasteiger partial charge in [0.15, 0.2) is 0 Å². The number of benzene rings is 1. The van der Waals surface area contributed by atoms with Crippen LogP contribution in [0.4, 0.5) is 0 Å². The maximum atomic E-state index is 8.79. The number of hydrogen-bond donors (Lipinski definition) is 1. The summed E-state index contributed by atoms with van der Waals surface area (Å²) >= 11 is 0. The van der Waals surface area contributed by atoms with Gasteiger partial charge in [-0.1, -0.05) is 43.0 Å². The Morgan fingerprint density at radius 1 is 1.26 bits per heavy atom. The second-order valence-electron chi connectivity index (χ2n) is 5.35. The fraction of sp³-hybridized carbons (Fsp3) is 0.190. The summed E-state index contributed by atoms with van der Waals surface area (Å²) in [5.74, 6) is 0. The van der Waals surface area contributed by atoms with Gasteiger partial charge in [-0.25, -0.2) is 0 Å². The van der Waals surface area contributed by atoms with Crippen molar-refractivity contribution in [2.24, 2.45) is 0 Å². The fourth-order valence-corrected chi connectivity index (χ4v) is 2.45. The summed E-state index contributed by atoms with van der Waals surface area (Å²) in [6.07, 6.45) is 5.50. The van der Waals surface area contributed by atoms with E-state index in [9.17, 15) is 0 Å². The van der Waals surface area contributed by atoms with Crippen molar-refractivity contribution in [1.29, 1.82) is 5.26 Å². The fourth-order valence-electron chi connectivity index (χ4n) is 2.45. The lowest BCUT2D eigenvalue weighted by atomic mass is 9.97. The maximum absolute atomic E-state index is 8.79. The topological polar surface area (TPSA) is 39.6 Å². The van der Waals surface area contributed by atoms with Gasteiger partial charge in [0, 0.05) is 17.1 Å². The first kappa shape index (κ1) is 18.3. The molecule has 0 amide bonds. The number of aromatic amines is 1. The zero-order valence-electron chi connectivity index (χ0n) is 14.4. The molecule has 0 unspecified atom stereocenters. The second-order valence-corrected chi connectivity index (χ2v) is 5.35. The van der Waals surface area contributed by atoms with E-state index in [2.05, 4.69) is 55.4 Å². The Kier molecular flexibility index (Phi) is 6.83. The molecule has 0 spiro atoms. The number of hydrogen-bond acceptors (Lipinski definition) is 1. The van der Waals surface area contributed by atoms with Crippen LogP contribution in [0, 0.1) is 18.3 Å². The number of nitriles is 1. The van der Waals surface area contributed by atoms with E-state index >= 15 is 0 Å². The molecule has 0 radical (unpaired) electrons. The van der Waals surface area contributed by atoms with E-state index in [1.165, 1.54) is 16.5 Å². The van der Waals surface area contributed by atoms with Gasteiger partial charge < -0.3 is 4.98 Å². The zero-order chi connectivity index (χ0) is 17.4. The molecule has 0 bridgehead atoms. The molecule has 2 heteroatoms. The van der Waals surface area contributed by atoms with Crippen LogP contribution < -0.4 is 0 Å². The number of aryl methyl sites for hydroxylation is 1. The first-order chi connectivity index (χ1) is 11.0. The highest BCUT2D eigenvalue weighted by Gasteiger charge is 2.03. The van der Waals surface area contributed by atoms with Crippen molar-refractivity contribution in [3.63, 3.8) is 0 Å². The molecule has 1 aromatic heterocycles. The van der Waals surface area contributed by atoms with Gasteiger partial charge >= 0.3 is 0 Å². The van der Waals surface area contributed by atoms with Gasteiger partial charge in [0.05, 0.1) is 11.6 Å². The minimum absolute atomic E-state index is 0.608. The molecule has 0 saturated heterocycles. The Hall–Kier alpha value is -2.79. The number of rotatable bonds is 3. The van der Waals surface area contributed by atoms with E-state index in [1.54, 1.807) is 6.08 Å². The molecule has 0 saturated carbocycles. The minimum atomic E-state index is 0.608. The summed E-state index contributed by atoms with van der Waals surface area (Å²) in [4.78, 5) is 3.16. The monoisotopic (exact) mass is 304 g/mol. The zero-order valence-corrected chi connectivity index (χ0v) is 14.4. The lowest BCUT2D eigenvalue weighted by molar-refractivity contribution is 1.29. The lowest BCUT2D eigenvalue weighted by Gasteiger charge is -2.07. The molecule has 118 valence electrons. The van der Waals surface area contributed by atoms with Gasteiger partial charge in [0.2, 0.25) is 0 Å². The van der Waals surface area contributed by atoms with Crippen molar-refractivity contribution in [3.8, 4) is 6.07 Å². The molecule has 0 fully saturated rings. The quantitative estimate of drug-likeness (QED) is 0.547. The largest absolute Gasteiger partial charge is 0.361 e. The molecular weight excluding hydrogens is 280 g/mol. The van der Waals surface area contributed by atoms with E-state index in [0.717, 1.165) is 16.7 Å². The van der Waals surface area contributed by atoms with Crippen LogP contribution >= 0.6 is 0 Å². The van der Waals surface area contributed by atoms with E-state index < -0.39 is 0 Å². The SMILES string of the molecule is C=C/C(C#N)=C(C)\C(=C/C)C(=C)C.Cc1cccc2[nH]ccc12. The van der Waals surface area contributed by atoms with E-state index in [0.29, 0.717) is 5.57 Å².